The summed E-state index contributed by atoms with van der Waals surface area (Å²) in [6.45, 7) is 0. The van der Waals surface area contributed by atoms with Crippen molar-refractivity contribution >= 4 is 31.9 Å². The Balaban J connectivity index is 1.96. The summed E-state index contributed by atoms with van der Waals surface area (Å²) < 4.78 is 1.37. The highest BCUT2D eigenvalue weighted by Gasteiger charge is 2.45. The molecule has 2 bridgehead atoms. The van der Waals surface area contributed by atoms with Gasteiger partial charge in [-0.05, 0) is 36.5 Å². The van der Waals surface area contributed by atoms with Crippen LogP contribution in [0.1, 0.15) is 12.8 Å². The maximum Gasteiger partial charge on any atom is 0.0461 e. The van der Waals surface area contributed by atoms with E-state index in [9.17, 15) is 0 Å². The fourth-order valence-corrected chi connectivity index (χ4v) is 4.26. The summed E-state index contributed by atoms with van der Waals surface area (Å²) >= 11 is 7.37. The van der Waals surface area contributed by atoms with E-state index in [4.69, 9.17) is 0 Å². The number of alkyl halides is 1. The first-order valence-corrected chi connectivity index (χ1v) is 6.66. The molecule has 0 aromatic rings. The molecule has 0 radical (unpaired) electrons. The van der Waals surface area contributed by atoms with E-state index < -0.39 is 0 Å². The van der Waals surface area contributed by atoms with Gasteiger partial charge in [0.15, 0.2) is 0 Å². The van der Waals surface area contributed by atoms with Crippen LogP contribution in [0, 0.1) is 23.7 Å². The Morgan fingerprint density at radius 1 is 1.15 bits per heavy atom. The van der Waals surface area contributed by atoms with Crippen molar-refractivity contribution in [1.29, 1.82) is 0 Å². The Hall–Kier alpha value is 0.440. The summed E-state index contributed by atoms with van der Waals surface area (Å²) in [5.74, 6) is 3.48. The third-order valence-corrected chi connectivity index (χ3v) is 6.12. The van der Waals surface area contributed by atoms with Crippen molar-refractivity contribution in [2.75, 3.05) is 0 Å². The minimum Gasteiger partial charge on any atom is -0.0848 e. The highest BCUT2D eigenvalue weighted by atomic mass is 79.9. The SMILES string of the molecule is BrC1=C[C@@H]2[C@H](C[C@@H]1Br)[C@@H]1C=C[C@H]2C1. The third kappa shape index (κ3) is 1.21. The van der Waals surface area contributed by atoms with Gasteiger partial charge in [-0.25, -0.2) is 0 Å². The van der Waals surface area contributed by atoms with E-state index in [-0.39, 0.29) is 0 Å². The maximum atomic E-state index is 3.72. The van der Waals surface area contributed by atoms with E-state index in [2.05, 4.69) is 50.1 Å². The molecule has 0 N–H and O–H groups in total. The number of halogens is 2. The summed E-state index contributed by atoms with van der Waals surface area (Å²) in [7, 11) is 0. The van der Waals surface area contributed by atoms with Gasteiger partial charge in [-0.1, -0.05) is 50.1 Å². The van der Waals surface area contributed by atoms with Gasteiger partial charge in [-0.3, -0.25) is 0 Å². The molecular weight excluding hydrogens is 292 g/mol. The van der Waals surface area contributed by atoms with Crippen LogP contribution in [0.25, 0.3) is 0 Å². The number of hydrogen-bond donors (Lipinski definition) is 0. The van der Waals surface area contributed by atoms with E-state index in [1.54, 1.807) is 0 Å². The zero-order valence-electron chi connectivity index (χ0n) is 7.29. The summed E-state index contributed by atoms with van der Waals surface area (Å²) in [5, 5.41) is 0. The first kappa shape index (κ1) is 8.72. The Morgan fingerprint density at radius 2 is 1.92 bits per heavy atom. The highest BCUT2D eigenvalue weighted by Crippen LogP contribution is 2.54. The molecule has 3 aliphatic carbocycles. The molecule has 0 nitrogen and oxygen atoms in total. The van der Waals surface area contributed by atoms with Gasteiger partial charge in [-0.2, -0.15) is 0 Å². The summed E-state index contributed by atoms with van der Waals surface area (Å²) in [4.78, 5) is 0.571. The van der Waals surface area contributed by atoms with Gasteiger partial charge >= 0.3 is 0 Å². The molecule has 13 heavy (non-hydrogen) atoms. The first-order chi connectivity index (χ1) is 6.25. The smallest absolute Gasteiger partial charge is 0.0461 e. The molecule has 0 aliphatic heterocycles. The Labute approximate surface area is 95.7 Å². The van der Waals surface area contributed by atoms with Gasteiger partial charge in [0.1, 0.15) is 0 Å². The molecule has 0 heterocycles. The molecule has 0 aromatic heterocycles. The van der Waals surface area contributed by atoms with Crippen molar-refractivity contribution < 1.29 is 0 Å². The van der Waals surface area contributed by atoms with Gasteiger partial charge in [-0.15, -0.1) is 0 Å². The second-order valence-electron chi connectivity index (χ2n) is 4.44. The molecule has 3 rings (SSSR count). The maximum absolute atomic E-state index is 3.72. The van der Waals surface area contributed by atoms with Crippen LogP contribution in [0.15, 0.2) is 22.7 Å². The van der Waals surface area contributed by atoms with Crippen LogP contribution in [0.2, 0.25) is 0 Å². The predicted octanol–water partition coefficient (Wildman–Crippen LogP) is 3.87. The van der Waals surface area contributed by atoms with E-state index in [0.717, 1.165) is 23.7 Å². The van der Waals surface area contributed by atoms with Gasteiger partial charge in [0, 0.05) is 9.31 Å². The summed E-state index contributed by atoms with van der Waals surface area (Å²) in [5.41, 5.74) is 0. The zero-order chi connectivity index (χ0) is 9.00. The lowest BCUT2D eigenvalue weighted by Gasteiger charge is -2.32. The molecule has 2 heteroatoms. The van der Waals surface area contributed by atoms with Crippen LogP contribution in [0.4, 0.5) is 0 Å². The van der Waals surface area contributed by atoms with Gasteiger partial charge in [0.2, 0.25) is 0 Å². The summed E-state index contributed by atoms with van der Waals surface area (Å²) in [6.07, 6.45) is 10.0. The lowest BCUT2D eigenvalue weighted by molar-refractivity contribution is 0.337. The molecule has 0 unspecified atom stereocenters. The molecule has 0 spiro atoms. The van der Waals surface area contributed by atoms with Crippen molar-refractivity contribution in [2.45, 2.75) is 17.7 Å². The fraction of sp³-hybridized carbons (Fsp3) is 0.636. The lowest BCUT2D eigenvalue weighted by atomic mass is 9.77. The average molecular weight is 304 g/mol. The topological polar surface area (TPSA) is 0 Å². The molecule has 0 amide bonds. The van der Waals surface area contributed by atoms with E-state index in [1.165, 1.54) is 17.3 Å². The van der Waals surface area contributed by atoms with Gasteiger partial charge < -0.3 is 0 Å². The number of rotatable bonds is 0. The van der Waals surface area contributed by atoms with Crippen LogP contribution in [-0.4, -0.2) is 4.83 Å². The van der Waals surface area contributed by atoms with Crippen LogP contribution >= 0.6 is 31.9 Å². The van der Waals surface area contributed by atoms with Crippen LogP contribution < -0.4 is 0 Å². The Morgan fingerprint density at radius 3 is 2.77 bits per heavy atom. The van der Waals surface area contributed by atoms with E-state index >= 15 is 0 Å². The Kier molecular flexibility index (Phi) is 1.99. The van der Waals surface area contributed by atoms with E-state index in [0.29, 0.717) is 4.83 Å². The minimum absolute atomic E-state index is 0.571. The number of fused-ring (bicyclic) bond motifs is 5. The Bertz CT molecular complexity index is 292. The van der Waals surface area contributed by atoms with Crippen LogP contribution in [-0.2, 0) is 0 Å². The second kappa shape index (κ2) is 2.96. The van der Waals surface area contributed by atoms with Crippen LogP contribution in [0.3, 0.4) is 0 Å². The fourth-order valence-electron chi connectivity index (χ4n) is 3.18. The molecule has 70 valence electrons. The van der Waals surface area contributed by atoms with Crippen molar-refractivity contribution in [3.63, 3.8) is 0 Å². The monoisotopic (exact) mass is 302 g/mol. The molecule has 0 aromatic carbocycles. The quantitative estimate of drug-likeness (QED) is 0.471. The molecular formula is C11H12Br2. The first-order valence-electron chi connectivity index (χ1n) is 4.95. The van der Waals surface area contributed by atoms with Crippen molar-refractivity contribution in [2.24, 2.45) is 23.7 Å². The van der Waals surface area contributed by atoms with E-state index in [1.807, 2.05) is 0 Å². The minimum atomic E-state index is 0.571. The molecule has 1 fully saturated rings. The highest BCUT2D eigenvalue weighted by molar-refractivity contribution is 9.14. The molecule has 0 saturated heterocycles. The normalized spacial score (nSPS) is 52.2. The molecule has 3 aliphatic rings. The van der Waals surface area contributed by atoms with Crippen LogP contribution in [0.5, 0.6) is 0 Å². The van der Waals surface area contributed by atoms with Gasteiger partial charge in [0.05, 0.1) is 0 Å². The van der Waals surface area contributed by atoms with Crippen molar-refractivity contribution in [3.05, 3.63) is 22.7 Å². The predicted molar refractivity (Wildman–Crippen MR) is 62.1 cm³/mol. The molecule has 5 atom stereocenters. The number of hydrogen-bond acceptors (Lipinski definition) is 0. The lowest BCUT2D eigenvalue weighted by Crippen LogP contribution is -2.25. The standard InChI is InChI=1S/C11H12Br2/c12-10-4-8-6-1-2-7(3-6)9(8)5-11(10)13/h1-2,4,6-9,11H,3,5H2/t6-,7+,8-,9+,11-/m0/s1. The summed E-state index contributed by atoms with van der Waals surface area (Å²) in [6, 6.07) is 0. The van der Waals surface area contributed by atoms with Crippen molar-refractivity contribution in [1.82, 2.24) is 0 Å². The third-order valence-electron chi connectivity index (χ3n) is 3.82. The van der Waals surface area contributed by atoms with Crippen molar-refractivity contribution in [3.8, 4) is 0 Å². The molecule has 1 saturated carbocycles. The zero-order valence-corrected chi connectivity index (χ0v) is 10.5. The number of allylic oxidation sites excluding steroid dienone is 4. The van der Waals surface area contributed by atoms with Gasteiger partial charge in [0.25, 0.3) is 0 Å². The average Bonchev–Trinajstić information content (AvgIpc) is 2.67. The largest absolute Gasteiger partial charge is 0.0848 e. The second-order valence-corrected chi connectivity index (χ2v) is 6.47.